The quantitative estimate of drug-likeness (QED) is 0.524. The van der Waals surface area contributed by atoms with E-state index in [1.54, 1.807) is 18.2 Å². The average molecular weight is 426 g/mol. The maximum Gasteiger partial charge on any atom is 0.243 e. The Morgan fingerprint density at radius 1 is 1.07 bits per heavy atom. The number of aromatic nitrogens is 1. The van der Waals surface area contributed by atoms with Crippen LogP contribution >= 0.6 is 11.3 Å². The Morgan fingerprint density at radius 3 is 2.59 bits per heavy atom. The number of hydrogen-bond acceptors (Lipinski definition) is 5. The van der Waals surface area contributed by atoms with Crippen molar-refractivity contribution < 1.29 is 13.2 Å². The highest BCUT2D eigenvalue weighted by molar-refractivity contribution is 7.89. The number of thiazole rings is 1. The van der Waals surface area contributed by atoms with Crippen LogP contribution in [-0.4, -0.2) is 37.2 Å². The number of benzene rings is 3. The van der Waals surface area contributed by atoms with Crippen molar-refractivity contribution in [3.63, 3.8) is 0 Å². The molecule has 0 atom stereocenters. The molecule has 1 heterocycles. The van der Waals surface area contributed by atoms with E-state index in [1.165, 1.54) is 18.4 Å². The molecule has 0 radical (unpaired) electrons. The minimum absolute atomic E-state index is 0.155. The standard InChI is InChI=1S/C21H19N3O3S2/c1-14-6-5-9-18-20(14)23-21(28-18)22-19(25)13-24(2)29(26,27)17-11-10-15-7-3-4-8-16(15)12-17/h3-12H,13H2,1-2H3,(H,22,23,25). The predicted molar refractivity (Wildman–Crippen MR) is 117 cm³/mol. The van der Waals surface area contributed by atoms with Crippen LogP contribution in [0.15, 0.2) is 65.6 Å². The summed E-state index contributed by atoms with van der Waals surface area (Å²) in [5.41, 5.74) is 1.86. The SMILES string of the molecule is Cc1cccc2sc(NC(=O)CN(C)S(=O)(=O)c3ccc4ccccc4c3)nc12. The number of nitrogens with one attached hydrogen (secondary N) is 1. The molecule has 6 nitrogen and oxygen atoms in total. The number of likely N-dealkylation sites (N-methyl/N-ethyl adjacent to an activating group) is 1. The van der Waals surface area contributed by atoms with E-state index in [1.807, 2.05) is 49.4 Å². The van der Waals surface area contributed by atoms with Gasteiger partial charge in [0.25, 0.3) is 0 Å². The van der Waals surface area contributed by atoms with E-state index in [0.717, 1.165) is 30.9 Å². The lowest BCUT2D eigenvalue weighted by Gasteiger charge is -2.16. The third kappa shape index (κ3) is 3.87. The van der Waals surface area contributed by atoms with Crippen molar-refractivity contribution in [2.24, 2.45) is 0 Å². The van der Waals surface area contributed by atoms with E-state index in [2.05, 4.69) is 10.3 Å². The Labute approximate surface area is 172 Å². The lowest BCUT2D eigenvalue weighted by molar-refractivity contribution is -0.116. The molecular formula is C21H19N3O3S2. The fourth-order valence-electron chi connectivity index (χ4n) is 3.09. The highest BCUT2D eigenvalue weighted by Crippen LogP contribution is 2.28. The van der Waals surface area contributed by atoms with Crippen LogP contribution in [0.25, 0.3) is 21.0 Å². The molecular weight excluding hydrogens is 406 g/mol. The Kier molecular flexibility index (Phi) is 5.08. The van der Waals surface area contributed by atoms with Crippen LogP contribution < -0.4 is 5.32 Å². The van der Waals surface area contributed by atoms with Gasteiger partial charge in [0.05, 0.1) is 21.7 Å². The second-order valence-electron chi connectivity index (χ2n) is 6.76. The Hall–Kier alpha value is -2.81. The van der Waals surface area contributed by atoms with Gasteiger partial charge in [0.15, 0.2) is 5.13 Å². The molecule has 0 aliphatic rings. The summed E-state index contributed by atoms with van der Waals surface area (Å²) in [4.78, 5) is 17.0. The van der Waals surface area contributed by atoms with E-state index < -0.39 is 15.9 Å². The fraction of sp³-hybridized carbons (Fsp3) is 0.143. The first kappa shape index (κ1) is 19.5. The number of amides is 1. The van der Waals surface area contributed by atoms with Crippen LogP contribution in [0.2, 0.25) is 0 Å². The number of nitrogens with zero attached hydrogens (tertiary/aromatic N) is 2. The number of aryl methyl sites for hydroxylation is 1. The second kappa shape index (κ2) is 7.55. The number of carbonyl (C=O) groups is 1. The van der Waals surface area contributed by atoms with Gasteiger partial charge in [-0.05, 0) is 41.5 Å². The molecule has 148 valence electrons. The van der Waals surface area contributed by atoms with Gasteiger partial charge in [-0.1, -0.05) is 53.8 Å². The summed E-state index contributed by atoms with van der Waals surface area (Å²) in [6, 6.07) is 18.3. The normalized spacial score (nSPS) is 12.0. The van der Waals surface area contributed by atoms with E-state index in [4.69, 9.17) is 0 Å². The predicted octanol–water partition coefficient (Wildman–Crippen LogP) is 4.02. The van der Waals surface area contributed by atoms with Gasteiger partial charge in [0.2, 0.25) is 15.9 Å². The Balaban J connectivity index is 1.51. The molecule has 1 aromatic heterocycles. The first-order valence-electron chi connectivity index (χ1n) is 8.96. The monoisotopic (exact) mass is 425 g/mol. The fourth-order valence-corrected chi connectivity index (χ4v) is 5.22. The third-order valence-electron chi connectivity index (χ3n) is 4.66. The van der Waals surface area contributed by atoms with Gasteiger partial charge >= 0.3 is 0 Å². The van der Waals surface area contributed by atoms with Gasteiger partial charge in [-0.2, -0.15) is 4.31 Å². The topological polar surface area (TPSA) is 79.4 Å². The summed E-state index contributed by atoms with van der Waals surface area (Å²) < 4.78 is 27.8. The minimum atomic E-state index is -3.79. The van der Waals surface area contributed by atoms with Crippen LogP contribution in [0.1, 0.15) is 5.56 Å². The second-order valence-corrected chi connectivity index (χ2v) is 9.83. The number of rotatable bonds is 5. The van der Waals surface area contributed by atoms with Crippen molar-refractivity contribution in [3.8, 4) is 0 Å². The maximum absolute atomic E-state index is 12.9. The maximum atomic E-state index is 12.9. The van der Waals surface area contributed by atoms with Crippen LogP contribution in [-0.2, 0) is 14.8 Å². The van der Waals surface area contributed by atoms with Crippen LogP contribution in [0.3, 0.4) is 0 Å². The minimum Gasteiger partial charge on any atom is -0.301 e. The van der Waals surface area contributed by atoms with Gasteiger partial charge in [-0.25, -0.2) is 13.4 Å². The number of hydrogen-bond donors (Lipinski definition) is 1. The number of sulfonamides is 1. The molecule has 0 saturated carbocycles. The van der Waals surface area contributed by atoms with E-state index in [0.29, 0.717) is 5.13 Å². The van der Waals surface area contributed by atoms with Crippen LogP contribution in [0, 0.1) is 6.92 Å². The highest BCUT2D eigenvalue weighted by atomic mass is 32.2. The van der Waals surface area contributed by atoms with E-state index in [-0.39, 0.29) is 11.4 Å². The van der Waals surface area contributed by atoms with Gasteiger partial charge in [0, 0.05) is 7.05 Å². The number of para-hydroxylation sites is 1. The molecule has 0 saturated heterocycles. The van der Waals surface area contributed by atoms with Crippen molar-refractivity contribution in [1.82, 2.24) is 9.29 Å². The highest BCUT2D eigenvalue weighted by Gasteiger charge is 2.23. The molecule has 0 fully saturated rings. The van der Waals surface area contributed by atoms with Crippen molar-refractivity contribution in [1.29, 1.82) is 0 Å². The first-order chi connectivity index (χ1) is 13.8. The molecule has 0 unspecified atom stereocenters. The van der Waals surface area contributed by atoms with Gasteiger partial charge in [-0.15, -0.1) is 0 Å². The van der Waals surface area contributed by atoms with Crippen LogP contribution in [0.4, 0.5) is 5.13 Å². The Morgan fingerprint density at radius 2 is 1.83 bits per heavy atom. The Bertz CT molecular complexity index is 1330. The van der Waals surface area contributed by atoms with Gasteiger partial charge < -0.3 is 5.32 Å². The molecule has 0 aliphatic carbocycles. The van der Waals surface area contributed by atoms with Gasteiger partial charge in [0.1, 0.15) is 0 Å². The van der Waals surface area contributed by atoms with Crippen LogP contribution in [0.5, 0.6) is 0 Å². The van der Waals surface area contributed by atoms with Crippen molar-refractivity contribution in [2.45, 2.75) is 11.8 Å². The lowest BCUT2D eigenvalue weighted by Crippen LogP contribution is -2.34. The van der Waals surface area contributed by atoms with E-state index >= 15 is 0 Å². The van der Waals surface area contributed by atoms with E-state index in [9.17, 15) is 13.2 Å². The zero-order chi connectivity index (χ0) is 20.6. The summed E-state index contributed by atoms with van der Waals surface area (Å²) in [6.45, 7) is 1.65. The third-order valence-corrected chi connectivity index (χ3v) is 7.40. The van der Waals surface area contributed by atoms with Crippen molar-refractivity contribution in [2.75, 3.05) is 18.9 Å². The summed E-state index contributed by atoms with van der Waals surface area (Å²) in [6.07, 6.45) is 0. The average Bonchev–Trinajstić information content (AvgIpc) is 3.11. The first-order valence-corrected chi connectivity index (χ1v) is 11.2. The molecule has 0 spiro atoms. The van der Waals surface area contributed by atoms with Crippen molar-refractivity contribution >= 4 is 53.4 Å². The summed E-state index contributed by atoms with van der Waals surface area (Å²) in [5.74, 6) is -0.437. The molecule has 4 rings (SSSR count). The molecule has 0 bridgehead atoms. The number of anilines is 1. The van der Waals surface area contributed by atoms with Crippen molar-refractivity contribution in [3.05, 3.63) is 66.2 Å². The molecule has 1 N–H and O–H groups in total. The smallest absolute Gasteiger partial charge is 0.243 e. The molecule has 8 heteroatoms. The zero-order valence-corrected chi connectivity index (χ0v) is 17.5. The number of fused-ring (bicyclic) bond motifs is 2. The number of carbonyl (C=O) groups excluding carboxylic acids is 1. The summed E-state index contributed by atoms with van der Waals surface area (Å²) in [7, 11) is -2.40. The summed E-state index contributed by atoms with van der Waals surface area (Å²) in [5, 5.41) is 4.95. The summed E-state index contributed by atoms with van der Waals surface area (Å²) >= 11 is 1.36. The molecule has 3 aromatic carbocycles. The molecule has 1 amide bonds. The lowest BCUT2D eigenvalue weighted by atomic mass is 10.1. The molecule has 4 aromatic rings. The zero-order valence-electron chi connectivity index (χ0n) is 15.9. The molecule has 0 aliphatic heterocycles. The van der Waals surface area contributed by atoms with Gasteiger partial charge in [-0.3, -0.25) is 4.79 Å². The largest absolute Gasteiger partial charge is 0.301 e. The molecule has 29 heavy (non-hydrogen) atoms.